The van der Waals surface area contributed by atoms with Gasteiger partial charge in [-0.15, -0.1) is 0 Å². The van der Waals surface area contributed by atoms with Gasteiger partial charge in [-0.1, -0.05) is 94.0 Å². The SMILES string of the molecule is CO[C@@]1(c2ccc(Cl)c(Cc3ccc(OCc4ccccc4)cc3)c2)O[C@@H](C(=O)[Si](C)(C)C(C)(C)C)[C@@H](O)[C@H](O)[C@H]1O. The average Bonchev–Trinajstić information content (AvgIpc) is 2.97. The van der Waals surface area contributed by atoms with Crippen LogP contribution in [-0.2, 0) is 33.1 Å². The summed E-state index contributed by atoms with van der Waals surface area (Å²) in [4.78, 5) is 13.8. The molecular formula is C33H41ClO7Si. The Morgan fingerprint density at radius 1 is 0.952 bits per heavy atom. The van der Waals surface area contributed by atoms with Crippen LogP contribution in [0.4, 0.5) is 0 Å². The quantitative estimate of drug-likeness (QED) is 0.278. The fourth-order valence-corrected chi connectivity index (χ4v) is 6.83. The highest BCUT2D eigenvalue weighted by Crippen LogP contribution is 2.44. The van der Waals surface area contributed by atoms with Crippen LogP contribution in [0.3, 0.4) is 0 Å². The third-order valence-electron chi connectivity index (χ3n) is 8.74. The van der Waals surface area contributed by atoms with Gasteiger partial charge in [-0.3, -0.25) is 0 Å². The first kappa shape index (κ1) is 32.4. The Bertz CT molecular complexity index is 1370. The van der Waals surface area contributed by atoms with Crippen LogP contribution in [0, 0.1) is 0 Å². The van der Waals surface area contributed by atoms with Crippen LogP contribution in [0.1, 0.15) is 43.0 Å². The normalized spacial score (nSPS) is 24.8. The molecular weight excluding hydrogens is 572 g/mol. The summed E-state index contributed by atoms with van der Waals surface area (Å²) in [5.74, 6) is -1.17. The summed E-state index contributed by atoms with van der Waals surface area (Å²) in [6, 6.07) is 22.7. The smallest absolute Gasteiger partial charge is 0.225 e. The molecule has 0 unspecified atom stereocenters. The molecule has 5 atom stereocenters. The number of hydrogen-bond donors (Lipinski definition) is 3. The molecule has 0 radical (unpaired) electrons. The van der Waals surface area contributed by atoms with Gasteiger partial charge in [0.15, 0.2) is 0 Å². The topological polar surface area (TPSA) is 105 Å². The van der Waals surface area contributed by atoms with Crippen LogP contribution in [0.5, 0.6) is 5.75 Å². The Hall–Kier alpha value is -2.56. The zero-order valence-electron chi connectivity index (χ0n) is 25.0. The standard InChI is InChI=1S/C33H41ClO7Si/c1-32(2,3)42(5,6)31(38)29-27(35)28(36)30(37)33(39-4,41-29)24-14-17-26(34)23(19-24)18-21-12-15-25(16-13-21)40-20-22-10-8-7-9-11-22/h7-17,19,27-30,35-37H,18,20H2,1-6H3/t27-,28-,29+,30+,33-/m0/s1. The van der Waals surface area contributed by atoms with E-state index in [2.05, 4.69) is 0 Å². The summed E-state index contributed by atoms with van der Waals surface area (Å²) >= 11 is 6.59. The molecule has 42 heavy (non-hydrogen) atoms. The van der Waals surface area contributed by atoms with Gasteiger partial charge in [-0.25, -0.2) is 0 Å². The van der Waals surface area contributed by atoms with Crippen molar-refractivity contribution >= 4 is 25.1 Å². The molecule has 0 bridgehead atoms. The van der Waals surface area contributed by atoms with Gasteiger partial charge in [0, 0.05) is 17.7 Å². The van der Waals surface area contributed by atoms with Gasteiger partial charge in [0.2, 0.25) is 5.79 Å². The van der Waals surface area contributed by atoms with E-state index in [1.165, 1.54) is 7.11 Å². The second kappa shape index (κ2) is 12.6. The average molecular weight is 613 g/mol. The van der Waals surface area contributed by atoms with Crippen LogP contribution >= 0.6 is 11.6 Å². The number of aliphatic hydroxyl groups is 3. The molecule has 9 heteroatoms. The van der Waals surface area contributed by atoms with Crippen LogP contribution in [-0.4, -0.2) is 60.3 Å². The molecule has 0 aliphatic carbocycles. The van der Waals surface area contributed by atoms with Crippen molar-refractivity contribution in [1.29, 1.82) is 0 Å². The van der Waals surface area contributed by atoms with E-state index < -0.39 is 38.3 Å². The highest BCUT2D eigenvalue weighted by atomic mass is 35.5. The molecule has 0 spiro atoms. The molecule has 0 saturated carbocycles. The number of aliphatic hydroxyl groups excluding tert-OH is 3. The van der Waals surface area contributed by atoms with Crippen molar-refractivity contribution in [3.8, 4) is 5.75 Å². The molecule has 1 fully saturated rings. The van der Waals surface area contributed by atoms with Crippen molar-refractivity contribution < 1.29 is 34.3 Å². The lowest BCUT2D eigenvalue weighted by Gasteiger charge is -2.49. The fourth-order valence-electron chi connectivity index (χ4n) is 4.97. The van der Waals surface area contributed by atoms with E-state index in [-0.39, 0.29) is 10.4 Å². The summed E-state index contributed by atoms with van der Waals surface area (Å²) < 4.78 is 17.9. The van der Waals surface area contributed by atoms with Crippen molar-refractivity contribution in [1.82, 2.24) is 0 Å². The predicted molar refractivity (Wildman–Crippen MR) is 165 cm³/mol. The van der Waals surface area contributed by atoms with E-state index in [0.29, 0.717) is 23.6 Å². The lowest BCUT2D eigenvalue weighted by molar-refractivity contribution is -0.355. The zero-order valence-corrected chi connectivity index (χ0v) is 26.8. The largest absolute Gasteiger partial charge is 0.489 e. The third kappa shape index (κ3) is 6.35. The number of carbonyl (C=O) groups excluding carboxylic acids is 1. The molecule has 1 aliphatic rings. The van der Waals surface area contributed by atoms with E-state index >= 15 is 0 Å². The number of ether oxygens (including phenoxy) is 3. The Labute approximate surface area is 254 Å². The first-order valence-electron chi connectivity index (χ1n) is 14.1. The van der Waals surface area contributed by atoms with Gasteiger partial charge >= 0.3 is 0 Å². The Kier molecular flexibility index (Phi) is 9.69. The maximum Gasteiger partial charge on any atom is 0.225 e. The number of methoxy groups -OCH3 is 1. The van der Waals surface area contributed by atoms with Crippen molar-refractivity contribution in [3.05, 3.63) is 100 Å². The summed E-state index contributed by atoms with van der Waals surface area (Å²) in [5, 5.41) is 32.9. The van der Waals surface area contributed by atoms with Crippen LogP contribution < -0.4 is 4.74 Å². The van der Waals surface area contributed by atoms with Gasteiger partial charge in [0.05, 0.1) is 0 Å². The molecule has 1 saturated heterocycles. The van der Waals surface area contributed by atoms with Crippen molar-refractivity contribution in [2.75, 3.05) is 7.11 Å². The Balaban J connectivity index is 1.60. The van der Waals surface area contributed by atoms with Crippen LogP contribution in [0.15, 0.2) is 72.8 Å². The first-order valence-corrected chi connectivity index (χ1v) is 17.4. The van der Waals surface area contributed by atoms with Gasteiger partial charge < -0.3 is 34.3 Å². The monoisotopic (exact) mass is 612 g/mol. The number of rotatable bonds is 9. The van der Waals surface area contributed by atoms with Crippen molar-refractivity contribution in [3.63, 3.8) is 0 Å². The summed E-state index contributed by atoms with van der Waals surface area (Å²) in [6.07, 6.45) is -5.89. The molecule has 226 valence electrons. The Morgan fingerprint density at radius 3 is 2.19 bits per heavy atom. The summed E-state index contributed by atoms with van der Waals surface area (Å²) in [6.45, 7) is 10.2. The highest BCUT2D eigenvalue weighted by Gasteiger charge is 2.59. The maximum atomic E-state index is 13.8. The van der Waals surface area contributed by atoms with Crippen LogP contribution in [0.2, 0.25) is 23.2 Å². The molecule has 3 aromatic carbocycles. The van der Waals surface area contributed by atoms with Crippen molar-refractivity contribution in [2.24, 2.45) is 0 Å². The minimum atomic E-state index is -2.67. The second-order valence-electron chi connectivity index (χ2n) is 12.5. The van der Waals surface area contributed by atoms with Gasteiger partial charge in [-0.05, 0) is 52.4 Å². The number of benzene rings is 3. The summed E-state index contributed by atoms with van der Waals surface area (Å²) in [5.41, 5.74) is 3.15. The van der Waals surface area contributed by atoms with Gasteiger partial charge in [0.25, 0.3) is 0 Å². The molecule has 4 rings (SSSR count). The minimum absolute atomic E-state index is 0.265. The lowest BCUT2D eigenvalue weighted by Crippen LogP contribution is -2.68. The lowest BCUT2D eigenvalue weighted by atomic mass is 9.87. The molecule has 0 amide bonds. The summed E-state index contributed by atoms with van der Waals surface area (Å²) in [7, 11) is -1.33. The molecule has 0 aromatic heterocycles. The molecule has 3 N–H and O–H groups in total. The van der Waals surface area contributed by atoms with Gasteiger partial charge in [0.1, 0.15) is 50.3 Å². The van der Waals surface area contributed by atoms with Crippen molar-refractivity contribution in [2.45, 2.75) is 82.1 Å². The number of hydrogen-bond acceptors (Lipinski definition) is 7. The molecule has 3 aromatic rings. The first-order chi connectivity index (χ1) is 19.7. The fraction of sp³-hybridized carbons (Fsp3) is 0.424. The van der Waals surface area contributed by atoms with E-state index in [9.17, 15) is 20.1 Å². The second-order valence-corrected chi connectivity index (χ2v) is 18.1. The molecule has 1 aliphatic heterocycles. The molecule has 1 heterocycles. The van der Waals surface area contributed by atoms with E-state index in [0.717, 1.165) is 22.4 Å². The maximum absolute atomic E-state index is 13.8. The predicted octanol–water partition coefficient (Wildman–Crippen LogP) is 5.41. The molecule has 7 nitrogen and oxygen atoms in total. The highest BCUT2D eigenvalue weighted by molar-refractivity contribution is 7.06. The number of halogens is 1. The number of carbonyl (C=O) groups is 1. The van der Waals surface area contributed by atoms with E-state index in [4.69, 9.17) is 25.8 Å². The zero-order chi connectivity index (χ0) is 30.9. The van der Waals surface area contributed by atoms with Crippen LogP contribution in [0.25, 0.3) is 0 Å². The third-order valence-corrected chi connectivity index (χ3v) is 14.4. The van der Waals surface area contributed by atoms with E-state index in [1.54, 1.807) is 18.2 Å². The minimum Gasteiger partial charge on any atom is -0.489 e. The Morgan fingerprint density at radius 2 is 1.60 bits per heavy atom. The van der Waals surface area contributed by atoms with Gasteiger partial charge in [-0.2, -0.15) is 0 Å². The van der Waals surface area contributed by atoms with E-state index in [1.807, 2.05) is 88.5 Å².